The molecule has 4 nitrogen and oxygen atoms in total. The summed E-state index contributed by atoms with van der Waals surface area (Å²) in [7, 11) is 0. The number of para-hydroxylation sites is 2. The van der Waals surface area contributed by atoms with Crippen LogP contribution in [0.5, 0.6) is 0 Å². The molecule has 0 N–H and O–H groups in total. The number of thioether (sulfide) groups is 1. The van der Waals surface area contributed by atoms with E-state index in [1.165, 1.54) is 24.3 Å². The third kappa shape index (κ3) is 4.08. The highest BCUT2D eigenvalue weighted by Gasteiger charge is 2.29. The van der Waals surface area contributed by atoms with E-state index in [4.69, 9.17) is 9.15 Å². The number of halogens is 3. The zero-order valence-electron chi connectivity index (χ0n) is 12.0. The number of rotatable bonds is 4. The molecule has 3 aromatic rings. The molecule has 2 aromatic carbocycles. The number of alkyl halides is 3. The molecule has 0 amide bonds. The van der Waals surface area contributed by atoms with Gasteiger partial charge in [-0.2, -0.15) is 13.2 Å². The van der Waals surface area contributed by atoms with Crippen LogP contribution < -0.4 is 0 Å². The predicted octanol–water partition coefficient (Wildman–Crippen LogP) is 4.80. The topological polar surface area (TPSA) is 52.3 Å². The van der Waals surface area contributed by atoms with Gasteiger partial charge in [0.05, 0.1) is 5.56 Å². The van der Waals surface area contributed by atoms with E-state index in [2.05, 4.69) is 4.98 Å². The Kier molecular flexibility index (Phi) is 4.48. The molecule has 0 atom stereocenters. The van der Waals surface area contributed by atoms with Crippen LogP contribution in [0.15, 0.2) is 57.8 Å². The summed E-state index contributed by atoms with van der Waals surface area (Å²) < 4.78 is 47.2. The highest BCUT2D eigenvalue weighted by Crippen LogP contribution is 2.36. The van der Waals surface area contributed by atoms with E-state index in [0.29, 0.717) is 11.1 Å². The van der Waals surface area contributed by atoms with Crippen LogP contribution >= 0.6 is 11.8 Å². The van der Waals surface area contributed by atoms with Gasteiger partial charge in [-0.1, -0.05) is 12.1 Å². The Bertz CT molecular complexity index is 826. The van der Waals surface area contributed by atoms with Crippen LogP contribution in [0, 0.1) is 0 Å². The average Bonchev–Trinajstić information content (AvgIpc) is 2.94. The van der Waals surface area contributed by atoms with Crippen molar-refractivity contribution in [2.24, 2.45) is 0 Å². The maximum absolute atomic E-state index is 12.3. The summed E-state index contributed by atoms with van der Waals surface area (Å²) >= 11 is -0.243. The second-order valence-electron chi connectivity index (χ2n) is 4.72. The van der Waals surface area contributed by atoms with E-state index in [-0.39, 0.29) is 34.7 Å². The maximum Gasteiger partial charge on any atom is 0.446 e. The first kappa shape index (κ1) is 16.4. The Morgan fingerprint density at radius 3 is 2.50 bits per heavy atom. The first-order chi connectivity index (χ1) is 11.4. The molecule has 0 aliphatic heterocycles. The fourth-order valence-corrected chi connectivity index (χ4v) is 2.52. The summed E-state index contributed by atoms with van der Waals surface area (Å²) in [5.41, 5.74) is -2.98. The number of aromatic nitrogens is 1. The number of fused-ring (bicyclic) bond motifs is 1. The molecule has 0 fully saturated rings. The van der Waals surface area contributed by atoms with Gasteiger partial charge in [-0.05, 0) is 48.2 Å². The van der Waals surface area contributed by atoms with E-state index in [1.54, 1.807) is 24.3 Å². The smallest absolute Gasteiger partial charge is 0.446 e. The monoisotopic (exact) mass is 353 g/mol. The van der Waals surface area contributed by atoms with Crippen molar-refractivity contribution in [3.63, 3.8) is 0 Å². The van der Waals surface area contributed by atoms with Gasteiger partial charge >= 0.3 is 11.5 Å². The van der Waals surface area contributed by atoms with Crippen LogP contribution in [0.4, 0.5) is 13.2 Å². The molecule has 124 valence electrons. The van der Waals surface area contributed by atoms with Crippen LogP contribution in [-0.2, 0) is 11.3 Å². The van der Waals surface area contributed by atoms with Crippen LogP contribution in [0.3, 0.4) is 0 Å². The van der Waals surface area contributed by atoms with E-state index in [1.807, 2.05) is 0 Å². The Morgan fingerprint density at radius 1 is 1.12 bits per heavy atom. The molecule has 1 heterocycles. The fraction of sp³-hybridized carbons (Fsp3) is 0.125. The van der Waals surface area contributed by atoms with Gasteiger partial charge in [0.2, 0.25) is 5.89 Å². The quantitative estimate of drug-likeness (QED) is 0.498. The van der Waals surface area contributed by atoms with Gasteiger partial charge in [-0.15, -0.1) is 0 Å². The number of esters is 1. The third-order valence-electron chi connectivity index (χ3n) is 2.99. The summed E-state index contributed by atoms with van der Waals surface area (Å²) in [6.07, 6.45) is 0. The minimum Gasteiger partial charge on any atom is -0.452 e. The van der Waals surface area contributed by atoms with Crippen LogP contribution in [0.2, 0.25) is 0 Å². The predicted molar refractivity (Wildman–Crippen MR) is 81.5 cm³/mol. The van der Waals surface area contributed by atoms with E-state index >= 15 is 0 Å². The molecular formula is C16H10F3NO3S. The SMILES string of the molecule is O=C(OCc1nc2ccccc2o1)c1ccc(SC(F)(F)F)cc1. The van der Waals surface area contributed by atoms with Crippen molar-refractivity contribution in [3.05, 3.63) is 60.0 Å². The zero-order valence-corrected chi connectivity index (χ0v) is 12.9. The summed E-state index contributed by atoms with van der Waals surface area (Å²) in [6.45, 7) is -0.160. The van der Waals surface area contributed by atoms with Crippen molar-refractivity contribution in [1.82, 2.24) is 4.98 Å². The van der Waals surface area contributed by atoms with Crippen molar-refractivity contribution >= 4 is 28.8 Å². The first-order valence-electron chi connectivity index (χ1n) is 6.78. The highest BCUT2D eigenvalue weighted by atomic mass is 32.2. The van der Waals surface area contributed by atoms with Gasteiger partial charge in [-0.25, -0.2) is 9.78 Å². The van der Waals surface area contributed by atoms with Gasteiger partial charge in [0.25, 0.3) is 0 Å². The first-order valence-corrected chi connectivity index (χ1v) is 7.60. The molecule has 0 bridgehead atoms. The summed E-state index contributed by atoms with van der Waals surface area (Å²) in [4.78, 5) is 16.1. The number of carbonyl (C=O) groups excluding carboxylic acids is 1. The number of hydrogen-bond donors (Lipinski definition) is 0. The molecule has 0 aliphatic rings. The minimum atomic E-state index is -4.37. The standard InChI is InChI=1S/C16H10F3NO3S/c17-16(18,19)24-11-7-5-10(6-8-11)15(21)22-9-14-20-12-3-1-2-4-13(12)23-14/h1-8H,9H2. The zero-order chi connectivity index (χ0) is 17.2. The highest BCUT2D eigenvalue weighted by molar-refractivity contribution is 8.00. The van der Waals surface area contributed by atoms with E-state index < -0.39 is 11.5 Å². The molecule has 8 heteroatoms. The minimum absolute atomic E-state index is 0.00185. The van der Waals surface area contributed by atoms with Gasteiger partial charge in [0.15, 0.2) is 12.2 Å². The second kappa shape index (κ2) is 6.56. The lowest BCUT2D eigenvalue weighted by Crippen LogP contribution is -2.05. The van der Waals surface area contributed by atoms with Crippen molar-refractivity contribution in [2.75, 3.05) is 0 Å². The van der Waals surface area contributed by atoms with Crippen LogP contribution in [0.1, 0.15) is 16.2 Å². The number of benzene rings is 2. The van der Waals surface area contributed by atoms with E-state index in [0.717, 1.165) is 0 Å². The summed E-state index contributed by atoms with van der Waals surface area (Å²) in [5, 5.41) is 0. The molecule has 24 heavy (non-hydrogen) atoms. The molecule has 0 aliphatic carbocycles. The molecule has 3 rings (SSSR count). The maximum atomic E-state index is 12.3. The third-order valence-corrected chi connectivity index (χ3v) is 3.73. The average molecular weight is 353 g/mol. The van der Waals surface area contributed by atoms with Gasteiger partial charge in [-0.3, -0.25) is 0 Å². The lowest BCUT2D eigenvalue weighted by molar-refractivity contribution is -0.0328. The normalized spacial score (nSPS) is 11.6. The molecule has 0 spiro atoms. The molecular weight excluding hydrogens is 343 g/mol. The Hall–Kier alpha value is -2.48. The second-order valence-corrected chi connectivity index (χ2v) is 5.86. The van der Waals surface area contributed by atoms with E-state index in [9.17, 15) is 18.0 Å². The Balaban J connectivity index is 1.62. The van der Waals surface area contributed by atoms with Crippen molar-refractivity contribution in [2.45, 2.75) is 17.0 Å². The largest absolute Gasteiger partial charge is 0.452 e. The molecule has 0 saturated carbocycles. The number of nitrogens with zero attached hydrogens (tertiary/aromatic N) is 1. The lowest BCUT2D eigenvalue weighted by atomic mass is 10.2. The molecule has 1 aromatic heterocycles. The number of carbonyl (C=O) groups is 1. The number of ether oxygens (including phenoxy) is 1. The molecule has 0 saturated heterocycles. The van der Waals surface area contributed by atoms with Crippen molar-refractivity contribution < 1.29 is 27.1 Å². The van der Waals surface area contributed by atoms with Gasteiger partial charge < -0.3 is 9.15 Å². The van der Waals surface area contributed by atoms with Crippen LogP contribution in [0.25, 0.3) is 11.1 Å². The van der Waals surface area contributed by atoms with Crippen molar-refractivity contribution in [1.29, 1.82) is 0 Å². The van der Waals surface area contributed by atoms with Gasteiger partial charge in [0.1, 0.15) is 5.52 Å². The molecule has 0 radical (unpaired) electrons. The van der Waals surface area contributed by atoms with Gasteiger partial charge in [0, 0.05) is 4.90 Å². The number of oxazole rings is 1. The number of hydrogen-bond acceptors (Lipinski definition) is 5. The van der Waals surface area contributed by atoms with Crippen molar-refractivity contribution in [3.8, 4) is 0 Å². The summed E-state index contributed by atoms with van der Waals surface area (Å²) in [5.74, 6) is -0.422. The Morgan fingerprint density at radius 2 is 1.83 bits per heavy atom. The summed E-state index contributed by atoms with van der Waals surface area (Å²) in [6, 6.07) is 12.1. The lowest BCUT2D eigenvalue weighted by Gasteiger charge is -2.06. The fourth-order valence-electron chi connectivity index (χ4n) is 1.98. The van der Waals surface area contributed by atoms with Crippen LogP contribution in [-0.4, -0.2) is 16.5 Å². The molecule has 0 unspecified atom stereocenters. The Labute approximate surface area is 138 Å².